The van der Waals surface area contributed by atoms with Gasteiger partial charge in [0.2, 0.25) is 0 Å². The molecule has 0 aliphatic carbocycles. The fourth-order valence-electron chi connectivity index (χ4n) is 2.96. The highest BCUT2D eigenvalue weighted by Crippen LogP contribution is 2.27. The zero-order chi connectivity index (χ0) is 23.1. The Balaban J connectivity index is 1.77. The molecule has 0 aliphatic heterocycles. The van der Waals surface area contributed by atoms with Crippen molar-refractivity contribution < 1.29 is 19.2 Å². The Hall–Kier alpha value is -3.97. The second kappa shape index (κ2) is 10.4. The Morgan fingerprint density at radius 2 is 1.72 bits per heavy atom. The molecular formula is C24H19ClN2O5. The van der Waals surface area contributed by atoms with Crippen molar-refractivity contribution in [3.8, 4) is 0 Å². The van der Waals surface area contributed by atoms with Gasteiger partial charge in [0.05, 0.1) is 10.5 Å². The number of esters is 1. The largest absolute Gasteiger partial charge is 0.452 e. The van der Waals surface area contributed by atoms with Crippen molar-refractivity contribution >= 4 is 46.5 Å². The maximum absolute atomic E-state index is 12.8. The fourth-order valence-corrected chi connectivity index (χ4v) is 3.08. The van der Waals surface area contributed by atoms with Crippen LogP contribution in [-0.4, -0.2) is 23.4 Å². The molecule has 1 amide bonds. The molecule has 162 valence electrons. The molecule has 0 aliphatic rings. The number of hydrogen-bond acceptors (Lipinski definition) is 5. The van der Waals surface area contributed by atoms with Crippen LogP contribution in [0.3, 0.4) is 0 Å². The Morgan fingerprint density at radius 1 is 1.03 bits per heavy atom. The Kier molecular flexibility index (Phi) is 7.36. The van der Waals surface area contributed by atoms with E-state index >= 15 is 0 Å². The number of halogens is 1. The molecule has 0 fully saturated rings. The van der Waals surface area contributed by atoms with E-state index < -0.39 is 23.4 Å². The summed E-state index contributed by atoms with van der Waals surface area (Å²) in [5, 5.41) is 14.2. The van der Waals surface area contributed by atoms with E-state index in [0.29, 0.717) is 16.1 Å². The van der Waals surface area contributed by atoms with Gasteiger partial charge in [-0.05, 0) is 41.8 Å². The number of para-hydroxylation sites is 1. The van der Waals surface area contributed by atoms with Crippen molar-refractivity contribution in [2.75, 3.05) is 11.9 Å². The highest BCUT2D eigenvalue weighted by Gasteiger charge is 2.20. The number of carbonyl (C=O) groups excluding carboxylic acids is 2. The van der Waals surface area contributed by atoms with Crippen molar-refractivity contribution in [1.82, 2.24) is 0 Å². The molecule has 3 aromatic carbocycles. The summed E-state index contributed by atoms with van der Waals surface area (Å²) in [5.74, 6) is -1.41. The summed E-state index contributed by atoms with van der Waals surface area (Å²) in [5.41, 5.74) is 1.92. The summed E-state index contributed by atoms with van der Waals surface area (Å²) in [4.78, 5) is 35.8. The van der Waals surface area contributed by atoms with E-state index in [4.69, 9.17) is 16.3 Å². The van der Waals surface area contributed by atoms with Gasteiger partial charge in [0.25, 0.3) is 11.6 Å². The predicted octanol–water partition coefficient (Wildman–Crippen LogP) is 5.28. The minimum absolute atomic E-state index is 0.0660. The van der Waals surface area contributed by atoms with Crippen LogP contribution in [-0.2, 0) is 14.3 Å². The summed E-state index contributed by atoms with van der Waals surface area (Å²) < 4.78 is 5.21. The van der Waals surface area contributed by atoms with Gasteiger partial charge >= 0.3 is 5.97 Å². The number of nitrogens with one attached hydrogen (secondary N) is 1. The van der Waals surface area contributed by atoms with Crippen LogP contribution >= 0.6 is 11.6 Å². The third-order valence-corrected chi connectivity index (χ3v) is 4.78. The van der Waals surface area contributed by atoms with Gasteiger partial charge in [-0.3, -0.25) is 14.9 Å². The van der Waals surface area contributed by atoms with Crippen LogP contribution in [0, 0.1) is 17.0 Å². The average Bonchev–Trinajstić information content (AvgIpc) is 2.78. The lowest BCUT2D eigenvalue weighted by molar-refractivity contribution is -0.384. The smallest absolute Gasteiger partial charge is 0.339 e. The van der Waals surface area contributed by atoms with E-state index in [2.05, 4.69) is 5.32 Å². The normalized spacial score (nSPS) is 11.0. The van der Waals surface area contributed by atoms with Crippen LogP contribution < -0.4 is 5.32 Å². The van der Waals surface area contributed by atoms with Crippen molar-refractivity contribution in [3.63, 3.8) is 0 Å². The molecule has 3 aromatic rings. The maximum atomic E-state index is 12.8. The molecule has 0 saturated carbocycles. The molecule has 1 N–H and O–H groups in total. The van der Waals surface area contributed by atoms with E-state index in [0.717, 1.165) is 5.56 Å². The van der Waals surface area contributed by atoms with Crippen molar-refractivity contribution in [1.29, 1.82) is 0 Å². The molecule has 0 spiro atoms. The van der Waals surface area contributed by atoms with Gasteiger partial charge < -0.3 is 10.1 Å². The van der Waals surface area contributed by atoms with Crippen LogP contribution in [0.5, 0.6) is 0 Å². The highest BCUT2D eigenvalue weighted by molar-refractivity contribution is 6.30. The molecule has 0 bridgehead atoms. The lowest BCUT2D eigenvalue weighted by Gasteiger charge is -2.11. The summed E-state index contributed by atoms with van der Waals surface area (Å²) in [6.45, 7) is 1.03. The monoisotopic (exact) mass is 450 g/mol. The SMILES string of the molecule is Cc1cccc([N+](=O)[O-])c1NC(=O)COC(=O)/C(=C/c1ccccc1)c1ccc(Cl)cc1. The lowest BCUT2D eigenvalue weighted by Crippen LogP contribution is -2.22. The summed E-state index contributed by atoms with van der Waals surface area (Å²) in [6, 6.07) is 20.3. The molecule has 0 heterocycles. The predicted molar refractivity (Wildman–Crippen MR) is 123 cm³/mol. The van der Waals surface area contributed by atoms with Gasteiger partial charge in [-0.15, -0.1) is 0 Å². The van der Waals surface area contributed by atoms with Crippen molar-refractivity contribution in [2.45, 2.75) is 6.92 Å². The molecule has 32 heavy (non-hydrogen) atoms. The standard InChI is InChI=1S/C24H19ClN2O5/c1-16-6-5-9-21(27(30)31)23(16)26-22(28)15-32-24(29)20(14-17-7-3-2-4-8-17)18-10-12-19(25)13-11-18/h2-14H,15H2,1H3,(H,26,28)/b20-14+. The summed E-state index contributed by atoms with van der Waals surface area (Å²) >= 11 is 5.95. The Labute approximate surface area is 189 Å². The third-order valence-electron chi connectivity index (χ3n) is 4.53. The Morgan fingerprint density at radius 3 is 2.38 bits per heavy atom. The van der Waals surface area contributed by atoms with Crippen molar-refractivity contribution in [2.24, 2.45) is 0 Å². The average molecular weight is 451 g/mol. The zero-order valence-corrected chi connectivity index (χ0v) is 17.8. The van der Waals surface area contributed by atoms with Gasteiger partial charge in [-0.2, -0.15) is 0 Å². The summed E-state index contributed by atoms with van der Waals surface area (Å²) in [6.07, 6.45) is 1.65. The first kappa shape index (κ1) is 22.7. The number of amides is 1. The van der Waals surface area contributed by atoms with Crippen LogP contribution in [0.1, 0.15) is 16.7 Å². The topological polar surface area (TPSA) is 98.5 Å². The first-order chi connectivity index (χ1) is 15.3. The number of ether oxygens (including phenoxy) is 1. The number of anilines is 1. The number of carbonyl (C=O) groups is 2. The zero-order valence-electron chi connectivity index (χ0n) is 17.1. The molecule has 0 unspecified atom stereocenters. The van der Waals surface area contributed by atoms with E-state index in [1.807, 2.05) is 30.3 Å². The van der Waals surface area contributed by atoms with Crippen LogP contribution in [0.4, 0.5) is 11.4 Å². The number of rotatable bonds is 7. The van der Waals surface area contributed by atoms with E-state index in [-0.39, 0.29) is 16.9 Å². The highest BCUT2D eigenvalue weighted by atomic mass is 35.5. The number of benzene rings is 3. The number of nitro groups is 1. The van der Waals surface area contributed by atoms with E-state index in [1.54, 1.807) is 43.3 Å². The van der Waals surface area contributed by atoms with E-state index in [9.17, 15) is 19.7 Å². The fraction of sp³-hybridized carbons (Fsp3) is 0.0833. The first-order valence-electron chi connectivity index (χ1n) is 9.59. The molecule has 7 nitrogen and oxygen atoms in total. The molecule has 0 saturated heterocycles. The Bertz CT molecular complexity index is 1170. The van der Waals surface area contributed by atoms with Crippen molar-refractivity contribution in [3.05, 3.63) is 105 Å². The number of nitro benzene ring substituents is 1. The lowest BCUT2D eigenvalue weighted by atomic mass is 10.0. The summed E-state index contributed by atoms with van der Waals surface area (Å²) in [7, 11) is 0. The van der Waals surface area contributed by atoms with Gasteiger partial charge in [0, 0.05) is 11.1 Å². The molecule has 0 atom stereocenters. The minimum atomic E-state index is -0.717. The second-order valence-corrected chi connectivity index (χ2v) is 7.26. The minimum Gasteiger partial charge on any atom is -0.452 e. The van der Waals surface area contributed by atoms with E-state index in [1.165, 1.54) is 12.1 Å². The molecule has 0 radical (unpaired) electrons. The molecule has 8 heteroatoms. The number of nitrogens with zero attached hydrogens (tertiary/aromatic N) is 1. The quantitative estimate of drug-likeness (QED) is 0.173. The molecule has 3 rings (SSSR count). The van der Waals surface area contributed by atoms with Crippen LogP contribution in [0.2, 0.25) is 5.02 Å². The third kappa shape index (κ3) is 5.80. The number of aryl methyl sites for hydroxylation is 1. The van der Waals surface area contributed by atoms with Crippen LogP contribution in [0.15, 0.2) is 72.8 Å². The first-order valence-corrected chi connectivity index (χ1v) is 9.96. The van der Waals surface area contributed by atoms with Gasteiger partial charge in [-0.25, -0.2) is 4.79 Å². The number of hydrogen-bond donors (Lipinski definition) is 1. The van der Waals surface area contributed by atoms with Crippen LogP contribution in [0.25, 0.3) is 11.6 Å². The van der Waals surface area contributed by atoms with Gasteiger partial charge in [-0.1, -0.05) is 66.2 Å². The molecular weight excluding hydrogens is 432 g/mol. The van der Waals surface area contributed by atoms with Gasteiger partial charge in [0.1, 0.15) is 5.69 Å². The second-order valence-electron chi connectivity index (χ2n) is 6.83. The van der Waals surface area contributed by atoms with Gasteiger partial charge in [0.15, 0.2) is 6.61 Å². The molecule has 0 aromatic heterocycles. The maximum Gasteiger partial charge on any atom is 0.339 e.